The van der Waals surface area contributed by atoms with Gasteiger partial charge < -0.3 is 20.1 Å². The minimum atomic E-state index is 0. The van der Waals surface area contributed by atoms with E-state index >= 15 is 0 Å². The second-order valence-corrected chi connectivity index (χ2v) is 9.38. The first-order valence-electron chi connectivity index (χ1n) is 11.2. The van der Waals surface area contributed by atoms with Crippen LogP contribution < -0.4 is 15.4 Å². The number of benzene rings is 1. The van der Waals surface area contributed by atoms with Crippen LogP contribution in [0.1, 0.15) is 44.2 Å². The van der Waals surface area contributed by atoms with Crippen LogP contribution in [0.3, 0.4) is 0 Å². The average Bonchev–Trinajstić information content (AvgIpc) is 3.33. The lowest BCUT2D eigenvalue weighted by Crippen LogP contribution is -2.44. The summed E-state index contributed by atoms with van der Waals surface area (Å²) in [6.07, 6.45) is 6.89. The fraction of sp³-hybridized carbons (Fsp3) is 0.696. The highest BCUT2D eigenvalue weighted by Gasteiger charge is 2.31. The van der Waals surface area contributed by atoms with Gasteiger partial charge in [0.05, 0.1) is 19.7 Å². The van der Waals surface area contributed by atoms with E-state index in [-0.39, 0.29) is 28.7 Å². The number of guanidine groups is 1. The highest BCUT2D eigenvalue weighted by atomic mass is 127. The molecule has 6 nitrogen and oxygen atoms in total. The van der Waals surface area contributed by atoms with Crippen LogP contribution in [-0.4, -0.2) is 74.9 Å². The standard InChI is InChI=1S/C23H38N4O2S.HI/c1-4-24-22(26-18-23(30-3)11-15-29-16-12-23)25-17-21(27-13-5-6-14-27)19-7-9-20(28-2)10-8-19;/h7-10,21H,4-6,11-18H2,1-3H3,(H2,24,25,26);1H. The zero-order valence-electron chi connectivity index (χ0n) is 19.2. The molecule has 2 heterocycles. The first-order chi connectivity index (χ1) is 14.7. The lowest BCUT2D eigenvalue weighted by atomic mass is 9.99. The number of hydrogen-bond donors (Lipinski definition) is 2. The number of aliphatic imine (C=N–C) groups is 1. The molecule has 2 aliphatic rings. The van der Waals surface area contributed by atoms with Gasteiger partial charge in [-0.25, -0.2) is 0 Å². The Bertz CT molecular complexity index is 662. The number of hydrogen-bond acceptors (Lipinski definition) is 5. The van der Waals surface area contributed by atoms with E-state index in [0.29, 0.717) is 6.04 Å². The predicted octanol–water partition coefficient (Wildman–Crippen LogP) is 3.92. The van der Waals surface area contributed by atoms with Crippen molar-refractivity contribution in [2.75, 3.05) is 59.3 Å². The third-order valence-electron chi connectivity index (χ3n) is 6.25. The Labute approximate surface area is 209 Å². The third-order valence-corrected chi connectivity index (χ3v) is 7.65. The SMILES string of the molecule is CCNC(=NCC1(SC)CCOCC1)NCC(c1ccc(OC)cc1)N1CCCC1.I. The van der Waals surface area contributed by atoms with Gasteiger partial charge in [0.2, 0.25) is 0 Å². The monoisotopic (exact) mass is 562 g/mol. The van der Waals surface area contributed by atoms with Gasteiger partial charge in [0.15, 0.2) is 5.96 Å². The van der Waals surface area contributed by atoms with Crippen molar-refractivity contribution in [2.24, 2.45) is 4.99 Å². The van der Waals surface area contributed by atoms with E-state index < -0.39 is 0 Å². The van der Waals surface area contributed by atoms with Crippen molar-refractivity contribution in [3.8, 4) is 5.75 Å². The Morgan fingerprint density at radius 3 is 2.45 bits per heavy atom. The van der Waals surface area contributed by atoms with Gasteiger partial charge in [0.25, 0.3) is 0 Å². The molecule has 2 fully saturated rings. The van der Waals surface area contributed by atoms with Crippen molar-refractivity contribution < 1.29 is 9.47 Å². The first-order valence-corrected chi connectivity index (χ1v) is 12.5. The second-order valence-electron chi connectivity index (χ2n) is 8.11. The average molecular weight is 563 g/mol. The molecule has 0 amide bonds. The lowest BCUT2D eigenvalue weighted by Gasteiger charge is -2.34. The van der Waals surface area contributed by atoms with Gasteiger partial charge in [-0.2, -0.15) is 11.8 Å². The number of nitrogens with one attached hydrogen (secondary N) is 2. The summed E-state index contributed by atoms with van der Waals surface area (Å²) >= 11 is 1.94. The van der Waals surface area contributed by atoms with Crippen LogP contribution in [0.5, 0.6) is 5.75 Å². The van der Waals surface area contributed by atoms with Crippen molar-refractivity contribution in [3.05, 3.63) is 29.8 Å². The fourth-order valence-corrected chi connectivity index (χ4v) is 5.03. The zero-order chi connectivity index (χ0) is 21.2. The molecule has 0 aliphatic carbocycles. The normalized spacial score (nSPS) is 20.0. The van der Waals surface area contributed by atoms with Gasteiger partial charge in [0.1, 0.15) is 5.75 Å². The Balaban J connectivity index is 0.00000341. The summed E-state index contributed by atoms with van der Waals surface area (Å²) in [7, 11) is 1.72. The summed E-state index contributed by atoms with van der Waals surface area (Å²) in [6.45, 7) is 8.64. The number of halogens is 1. The maximum atomic E-state index is 5.57. The van der Waals surface area contributed by atoms with E-state index in [1.165, 1.54) is 18.4 Å². The van der Waals surface area contributed by atoms with E-state index in [9.17, 15) is 0 Å². The molecule has 1 aromatic carbocycles. The number of rotatable bonds is 9. The van der Waals surface area contributed by atoms with Crippen LogP contribution in [-0.2, 0) is 4.74 Å². The summed E-state index contributed by atoms with van der Waals surface area (Å²) in [5.74, 6) is 1.82. The molecular weight excluding hydrogens is 523 g/mol. The molecular formula is C23H39IN4O2S. The van der Waals surface area contributed by atoms with Crippen LogP contribution in [0, 0.1) is 0 Å². The van der Waals surface area contributed by atoms with Gasteiger partial charge >= 0.3 is 0 Å². The van der Waals surface area contributed by atoms with Gasteiger partial charge in [-0.3, -0.25) is 9.89 Å². The Morgan fingerprint density at radius 1 is 1.19 bits per heavy atom. The molecule has 2 aliphatic heterocycles. The molecule has 3 rings (SSSR count). The number of methoxy groups -OCH3 is 1. The maximum absolute atomic E-state index is 5.57. The van der Waals surface area contributed by atoms with Gasteiger partial charge in [0, 0.05) is 31.1 Å². The van der Waals surface area contributed by atoms with Gasteiger partial charge in [-0.05, 0) is 69.6 Å². The molecule has 0 bridgehead atoms. The molecule has 0 radical (unpaired) electrons. The largest absolute Gasteiger partial charge is 0.497 e. The number of thioether (sulfide) groups is 1. The molecule has 1 atom stereocenters. The Kier molecular flexibility index (Phi) is 11.8. The number of likely N-dealkylation sites (tertiary alicyclic amines) is 1. The Morgan fingerprint density at radius 2 is 1.87 bits per heavy atom. The second kappa shape index (κ2) is 13.7. The summed E-state index contributed by atoms with van der Waals surface area (Å²) < 4.78 is 11.1. The van der Waals surface area contributed by atoms with Crippen molar-refractivity contribution in [3.63, 3.8) is 0 Å². The quantitative estimate of drug-likeness (QED) is 0.271. The highest BCUT2D eigenvalue weighted by molar-refractivity contribution is 14.0. The third kappa shape index (κ3) is 7.68. The van der Waals surface area contributed by atoms with Crippen molar-refractivity contribution in [1.29, 1.82) is 0 Å². The molecule has 8 heteroatoms. The predicted molar refractivity (Wildman–Crippen MR) is 142 cm³/mol. The summed E-state index contributed by atoms with van der Waals surface area (Å²) in [5, 5.41) is 7.07. The topological polar surface area (TPSA) is 58.1 Å². The molecule has 0 spiro atoms. The van der Waals surface area contributed by atoms with Crippen LogP contribution in [0.15, 0.2) is 29.3 Å². The van der Waals surface area contributed by atoms with Gasteiger partial charge in [-0.15, -0.1) is 24.0 Å². The number of ether oxygens (including phenoxy) is 2. The van der Waals surface area contributed by atoms with Crippen LogP contribution in [0.2, 0.25) is 0 Å². The zero-order valence-corrected chi connectivity index (χ0v) is 22.3. The summed E-state index contributed by atoms with van der Waals surface area (Å²) in [4.78, 5) is 7.56. The van der Waals surface area contributed by atoms with Crippen LogP contribution in [0.4, 0.5) is 0 Å². The molecule has 1 unspecified atom stereocenters. The molecule has 2 saturated heterocycles. The lowest BCUT2D eigenvalue weighted by molar-refractivity contribution is 0.0794. The molecule has 1 aromatic rings. The highest BCUT2D eigenvalue weighted by Crippen LogP contribution is 2.34. The van der Waals surface area contributed by atoms with Crippen LogP contribution >= 0.6 is 35.7 Å². The van der Waals surface area contributed by atoms with E-state index in [0.717, 1.165) is 70.5 Å². The minimum Gasteiger partial charge on any atom is -0.497 e. The minimum absolute atomic E-state index is 0. The van der Waals surface area contributed by atoms with Crippen molar-refractivity contribution in [2.45, 2.75) is 43.4 Å². The number of nitrogens with zero attached hydrogens (tertiary/aromatic N) is 2. The fourth-order valence-electron chi connectivity index (χ4n) is 4.27. The first kappa shape index (κ1) is 26.5. The Hall–Kier alpha value is -0.710. The van der Waals surface area contributed by atoms with E-state index in [4.69, 9.17) is 14.5 Å². The molecule has 31 heavy (non-hydrogen) atoms. The van der Waals surface area contributed by atoms with E-state index in [2.05, 4.69) is 53.0 Å². The maximum Gasteiger partial charge on any atom is 0.191 e. The van der Waals surface area contributed by atoms with Crippen molar-refractivity contribution >= 4 is 41.7 Å². The van der Waals surface area contributed by atoms with E-state index in [1.807, 2.05) is 11.8 Å². The molecule has 2 N–H and O–H groups in total. The van der Waals surface area contributed by atoms with Crippen molar-refractivity contribution in [1.82, 2.24) is 15.5 Å². The smallest absolute Gasteiger partial charge is 0.191 e. The van der Waals surface area contributed by atoms with Crippen LogP contribution in [0.25, 0.3) is 0 Å². The summed E-state index contributed by atoms with van der Waals surface area (Å²) in [5.41, 5.74) is 1.33. The molecule has 0 aromatic heterocycles. The van der Waals surface area contributed by atoms with Gasteiger partial charge in [-0.1, -0.05) is 12.1 Å². The molecule has 176 valence electrons. The van der Waals surface area contributed by atoms with E-state index in [1.54, 1.807) is 7.11 Å². The molecule has 0 saturated carbocycles. The summed E-state index contributed by atoms with van der Waals surface area (Å²) in [6, 6.07) is 8.84.